The largest absolute Gasteiger partial charge is 0.504 e. The summed E-state index contributed by atoms with van der Waals surface area (Å²) in [5, 5.41) is 19.0. The molecule has 0 fully saturated rings. The molecular weight excluding hydrogens is 246 g/mol. The molecular formula is C14H21NO4. The molecule has 0 saturated carbocycles. The number of rotatable bonds is 7. The summed E-state index contributed by atoms with van der Waals surface area (Å²) in [5.74, 6) is -0.801. The van der Waals surface area contributed by atoms with Gasteiger partial charge in [-0.15, -0.1) is 0 Å². The molecule has 1 aromatic rings. The van der Waals surface area contributed by atoms with Gasteiger partial charge in [-0.25, -0.2) is 0 Å². The van der Waals surface area contributed by atoms with Crippen molar-refractivity contribution in [3.05, 3.63) is 22.1 Å². The monoisotopic (exact) mass is 267 g/mol. The zero-order valence-corrected chi connectivity index (χ0v) is 11.4. The summed E-state index contributed by atoms with van der Waals surface area (Å²) in [5.41, 5.74) is -0.618. The molecule has 0 bridgehead atoms. The van der Waals surface area contributed by atoms with Gasteiger partial charge >= 0.3 is 0 Å². The fourth-order valence-corrected chi connectivity index (χ4v) is 2.12. The molecule has 1 heterocycles. The number of unbranched alkanes of at least 4 members (excludes halogenated alkanes) is 1. The van der Waals surface area contributed by atoms with Gasteiger partial charge in [-0.05, 0) is 12.3 Å². The van der Waals surface area contributed by atoms with Crippen molar-refractivity contribution in [2.45, 2.75) is 46.1 Å². The molecule has 1 rings (SSSR count). The molecule has 106 valence electrons. The maximum Gasteiger partial charge on any atom is 0.255 e. The lowest BCUT2D eigenvalue weighted by Gasteiger charge is -2.18. The molecule has 1 unspecified atom stereocenters. The van der Waals surface area contributed by atoms with Crippen LogP contribution in [0.15, 0.2) is 10.9 Å². The fourth-order valence-electron chi connectivity index (χ4n) is 2.12. The van der Waals surface area contributed by atoms with Crippen LogP contribution in [0.2, 0.25) is 0 Å². The van der Waals surface area contributed by atoms with Gasteiger partial charge in [0.15, 0.2) is 17.8 Å². The number of hydrogen-bond acceptors (Lipinski definition) is 4. The maximum atomic E-state index is 11.8. The number of aromatic nitrogens is 1. The number of pyridine rings is 1. The SMILES string of the molecule is CCCCC(CC)Cn1c(C=O)c(O)c(O)cc1=O. The Hall–Kier alpha value is -1.78. The molecule has 0 radical (unpaired) electrons. The molecule has 0 spiro atoms. The minimum atomic E-state index is -0.551. The highest BCUT2D eigenvalue weighted by atomic mass is 16.3. The predicted octanol–water partition coefficient (Wildman–Crippen LogP) is 2.29. The molecule has 0 aliphatic rings. The van der Waals surface area contributed by atoms with E-state index in [2.05, 4.69) is 6.92 Å². The van der Waals surface area contributed by atoms with Crippen molar-refractivity contribution >= 4 is 6.29 Å². The first-order valence-electron chi connectivity index (χ1n) is 6.66. The molecule has 2 N–H and O–H groups in total. The van der Waals surface area contributed by atoms with Crippen molar-refractivity contribution in [3.63, 3.8) is 0 Å². The number of aldehydes is 1. The van der Waals surface area contributed by atoms with E-state index in [-0.39, 0.29) is 11.6 Å². The van der Waals surface area contributed by atoms with Gasteiger partial charge in [0, 0.05) is 12.6 Å². The fraction of sp³-hybridized carbons (Fsp3) is 0.571. The van der Waals surface area contributed by atoms with Crippen LogP contribution in [0, 0.1) is 5.92 Å². The number of hydrogen-bond donors (Lipinski definition) is 2. The van der Waals surface area contributed by atoms with Crippen LogP contribution < -0.4 is 5.56 Å². The molecule has 0 aromatic carbocycles. The van der Waals surface area contributed by atoms with E-state index in [1.54, 1.807) is 0 Å². The maximum absolute atomic E-state index is 11.8. The van der Waals surface area contributed by atoms with E-state index in [0.717, 1.165) is 31.7 Å². The average molecular weight is 267 g/mol. The third-order valence-corrected chi connectivity index (χ3v) is 3.40. The van der Waals surface area contributed by atoms with E-state index in [1.165, 1.54) is 4.57 Å². The van der Waals surface area contributed by atoms with Crippen molar-refractivity contribution in [2.75, 3.05) is 0 Å². The Balaban J connectivity index is 3.09. The first-order chi connectivity index (χ1) is 9.04. The van der Waals surface area contributed by atoms with Crippen molar-refractivity contribution in [2.24, 2.45) is 5.92 Å². The summed E-state index contributed by atoms with van der Waals surface area (Å²) >= 11 is 0. The highest BCUT2D eigenvalue weighted by Crippen LogP contribution is 2.26. The Morgan fingerprint density at radius 3 is 2.58 bits per heavy atom. The van der Waals surface area contributed by atoms with Crippen LogP contribution in [-0.4, -0.2) is 21.1 Å². The number of nitrogens with zero attached hydrogens (tertiary/aromatic N) is 1. The highest BCUT2D eigenvalue weighted by molar-refractivity contribution is 5.78. The van der Waals surface area contributed by atoms with Gasteiger partial charge in [-0.2, -0.15) is 0 Å². The lowest BCUT2D eigenvalue weighted by Crippen LogP contribution is -2.26. The second kappa shape index (κ2) is 6.97. The minimum absolute atomic E-state index is 0.153. The third kappa shape index (κ3) is 3.59. The minimum Gasteiger partial charge on any atom is -0.504 e. The van der Waals surface area contributed by atoms with Gasteiger partial charge in [-0.3, -0.25) is 9.59 Å². The summed E-state index contributed by atoms with van der Waals surface area (Å²) < 4.78 is 1.24. The topological polar surface area (TPSA) is 79.5 Å². The highest BCUT2D eigenvalue weighted by Gasteiger charge is 2.16. The normalized spacial score (nSPS) is 12.3. The van der Waals surface area contributed by atoms with E-state index in [4.69, 9.17) is 0 Å². The average Bonchev–Trinajstić information content (AvgIpc) is 2.40. The molecule has 0 aliphatic carbocycles. The van der Waals surface area contributed by atoms with Crippen LogP contribution in [0.25, 0.3) is 0 Å². The lowest BCUT2D eigenvalue weighted by molar-refractivity contribution is 0.110. The quantitative estimate of drug-likeness (QED) is 0.743. The summed E-state index contributed by atoms with van der Waals surface area (Å²) in [6, 6.07) is 0.939. The van der Waals surface area contributed by atoms with E-state index in [9.17, 15) is 19.8 Å². The summed E-state index contributed by atoms with van der Waals surface area (Å²) in [6.45, 7) is 4.52. The van der Waals surface area contributed by atoms with Crippen LogP contribution in [0.3, 0.4) is 0 Å². The van der Waals surface area contributed by atoms with E-state index >= 15 is 0 Å². The van der Waals surface area contributed by atoms with Gasteiger partial charge in [-0.1, -0.05) is 33.1 Å². The zero-order valence-electron chi connectivity index (χ0n) is 11.4. The van der Waals surface area contributed by atoms with Gasteiger partial charge < -0.3 is 14.8 Å². The molecule has 5 nitrogen and oxygen atoms in total. The second-order valence-corrected chi connectivity index (χ2v) is 4.75. The molecule has 1 atom stereocenters. The van der Waals surface area contributed by atoms with E-state index in [1.807, 2.05) is 6.92 Å². The van der Waals surface area contributed by atoms with Crippen molar-refractivity contribution in [3.8, 4) is 11.5 Å². The molecule has 0 amide bonds. The smallest absolute Gasteiger partial charge is 0.255 e. The van der Waals surface area contributed by atoms with E-state index < -0.39 is 17.1 Å². The Bertz CT molecular complexity index is 493. The Labute approximate surface area is 112 Å². The van der Waals surface area contributed by atoms with E-state index in [0.29, 0.717) is 12.8 Å². The standard InChI is InChI=1S/C14H21NO4/c1-3-5-6-10(4-2)8-15-11(9-16)14(19)12(17)7-13(15)18/h7,9-10,17,19H,3-6,8H2,1-2H3. The lowest BCUT2D eigenvalue weighted by atomic mass is 9.99. The van der Waals surface area contributed by atoms with Gasteiger partial charge in [0.1, 0.15) is 5.69 Å². The van der Waals surface area contributed by atoms with Gasteiger partial charge in [0.05, 0.1) is 0 Å². The molecule has 1 aromatic heterocycles. The molecule has 0 saturated heterocycles. The van der Waals surface area contributed by atoms with Crippen molar-refractivity contribution < 1.29 is 15.0 Å². The predicted molar refractivity (Wildman–Crippen MR) is 72.7 cm³/mol. The van der Waals surface area contributed by atoms with Crippen LogP contribution in [-0.2, 0) is 6.54 Å². The third-order valence-electron chi connectivity index (χ3n) is 3.40. The first-order valence-corrected chi connectivity index (χ1v) is 6.66. The Morgan fingerprint density at radius 1 is 1.37 bits per heavy atom. The Kier molecular flexibility index (Phi) is 5.60. The van der Waals surface area contributed by atoms with Crippen LogP contribution in [0.4, 0.5) is 0 Å². The van der Waals surface area contributed by atoms with Gasteiger partial charge in [0.2, 0.25) is 0 Å². The van der Waals surface area contributed by atoms with Crippen molar-refractivity contribution in [1.82, 2.24) is 4.57 Å². The van der Waals surface area contributed by atoms with Crippen molar-refractivity contribution in [1.29, 1.82) is 0 Å². The van der Waals surface area contributed by atoms with Crippen LogP contribution in [0.1, 0.15) is 50.0 Å². The number of aromatic hydroxyl groups is 2. The summed E-state index contributed by atoms with van der Waals surface area (Å²) in [7, 11) is 0. The summed E-state index contributed by atoms with van der Waals surface area (Å²) in [6.07, 6.45) is 4.41. The molecule has 5 heteroatoms. The van der Waals surface area contributed by atoms with Gasteiger partial charge in [0.25, 0.3) is 5.56 Å². The number of carbonyl (C=O) groups excluding carboxylic acids is 1. The first kappa shape index (κ1) is 15.3. The zero-order chi connectivity index (χ0) is 14.4. The molecule has 0 aliphatic heterocycles. The Morgan fingerprint density at radius 2 is 2.05 bits per heavy atom. The van der Waals surface area contributed by atoms with Crippen LogP contribution >= 0.6 is 0 Å². The second-order valence-electron chi connectivity index (χ2n) is 4.75. The number of carbonyl (C=O) groups is 1. The van der Waals surface area contributed by atoms with Crippen LogP contribution in [0.5, 0.6) is 11.5 Å². The molecule has 19 heavy (non-hydrogen) atoms. The summed E-state index contributed by atoms with van der Waals surface area (Å²) in [4.78, 5) is 22.8.